The Hall–Kier alpha value is -1.55. The number of benzene rings is 1. The van der Waals surface area contributed by atoms with Gasteiger partial charge in [-0.3, -0.25) is 9.69 Å². The van der Waals surface area contributed by atoms with Crippen molar-refractivity contribution in [1.29, 1.82) is 0 Å². The summed E-state index contributed by atoms with van der Waals surface area (Å²) in [5.74, 6) is 0.971. The van der Waals surface area contributed by atoms with Gasteiger partial charge >= 0.3 is 0 Å². The van der Waals surface area contributed by atoms with Crippen molar-refractivity contribution in [2.45, 2.75) is 33.1 Å². The maximum absolute atomic E-state index is 11.9. The molecule has 4 nitrogen and oxygen atoms in total. The number of rotatable bonds is 10. The highest BCUT2D eigenvalue weighted by molar-refractivity contribution is 5.78. The number of methoxy groups -OCH3 is 1. The van der Waals surface area contributed by atoms with Gasteiger partial charge in [0.1, 0.15) is 5.75 Å². The number of nitrogens with one attached hydrogen (secondary N) is 1. The minimum atomic E-state index is 0.112. The summed E-state index contributed by atoms with van der Waals surface area (Å²) in [6.45, 7) is 7.36. The molecular weight excluding hydrogens is 264 g/mol. The van der Waals surface area contributed by atoms with Gasteiger partial charge in [0, 0.05) is 6.54 Å². The summed E-state index contributed by atoms with van der Waals surface area (Å²) in [7, 11) is 1.66. The predicted molar refractivity (Wildman–Crippen MR) is 86.7 cm³/mol. The lowest BCUT2D eigenvalue weighted by Crippen LogP contribution is -2.38. The number of carbonyl (C=O) groups excluding carboxylic acids is 1. The van der Waals surface area contributed by atoms with Crippen LogP contribution in [0, 0.1) is 0 Å². The average Bonchev–Trinajstić information content (AvgIpc) is 2.52. The van der Waals surface area contributed by atoms with Gasteiger partial charge in [-0.25, -0.2) is 0 Å². The summed E-state index contributed by atoms with van der Waals surface area (Å²) in [5, 5.41) is 2.99. The Labute approximate surface area is 128 Å². The fraction of sp³-hybridized carbons (Fsp3) is 0.588. The van der Waals surface area contributed by atoms with E-state index in [-0.39, 0.29) is 5.91 Å². The number of unbranched alkanes of at least 4 members (excludes halogenated alkanes) is 1. The largest absolute Gasteiger partial charge is 0.497 e. The predicted octanol–water partition coefficient (Wildman–Crippen LogP) is 2.48. The molecule has 0 saturated carbocycles. The van der Waals surface area contributed by atoms with Crippen LogP contribution in [-0.2, 0) is 11.2 Å². The molecule has 0 aliphatic rings. The highest BCUT2D eigenvalue weighted by atomic mass is 16.5. The smallest absolute Gasteiger partial charge is 0.234 e. The molecule has 0 saturated heterocycles. The zero-order valence-electron chi connectivity index (χ0n) is 13.5. The zero-order valence-corrected chi connectivity index (χ0v) is 13.5. The maximum Gasteiger partial charge on any atom is 0.234 e. The lowest BCUT2D eigenvalue weighted by molar-refractivity contribution is -0.122. The van der Waals surface area contributed by atoms with Crippen molar-refractivity contribution >= 4 is 5.91 Å². The van der Waals surface area contributed by atoms with Crippen LogP contribution >= 0.6 is 0 Å². The fourth-order valence-electron chi connectivity index (χ4n) is 2.13. The number of amides is 1. The number of ether oxygens (including phenoxy) is 1. The topological polar surface area (TPSA) is 41.6 Å². The molecule has 0 radical (unpaired) electrons. The zero-order chi connectivity index (χ0) is 15.5. The van der Waals surface area contributed by atoms with E-state index >= 15 is 0 Å². The van der Waals surface area contributed by atoms with Gasteiger partial charge in [0.15, 0.2) is 0 Å². The molecule has 0 spiro atoms. The van der Waals surface area contributed by atoms with E-state index in [9.17, 15) is 4.79 Å². The Morgan fingerprint density at radius 2 is 1.95 bits per heavy atom. The third-order valence-corrected chi connectivity index (χ3v) is 3.54. The van der Waals surface area contributed by atoms with E-state index in [1.807, 2.05) is 24.3 Å². The third-order valence-electron chi connectivity index (χ3n) is 3.54. The van der Waals surface area contributed by atoms with E-state index in [2.05, 4.69) is 24.1 Å². The monoisotopic (exact) mass is 292 g/mol. The molecule has 0 fully saturated rings. The van der Waals surface area contributed by atoms with Gasteiger partial charge in [0.05, 0.1) is 13.7 Å². The number of likely N-dealkylation sites (N-methyl/N-ethyl adjacent to an activating group) is 1. The van der Waals surface area contributed by atoms with Gasteiger partial charge in [-0.15, -0.1) is 0 Å². The molecule has 0 aliphatic carbocycles. The highest BCUT2D eigenvalue weighted by Gasteiger charge is 2.07. The maximum atomic E-state index is 11.9. The number of hydrogen-bond acceptors (Lipinski definition) is 3. The first-order valence-electron chi connectivity index (χ1n) is 7.81. The van der Waals surface area contributed by atoms with Crippen molar-refractivity contribution in [2.24, 2.45) is 0 Å². The summed E-state index contributed by atoms with van der Waals surface area (Å²) in [6.07, 6.45) is 3.15. The summed E-state index contributed by atoms with van der Waals surface area (Å²) in [5.41, 5.74) is 1.20. The summed E-state index contributed by atoms with van der Waals surface area (Å²) in [6, 6.07) is 7.95. The second-order valence-electron chi connectivity index (χ2n) is 5.17. The van der Waals surface area contributed by atoms with Gasteiger partial charge in [0.25, 0.3) is 0 Å². The molecular formula is C17H28N2O2. The summed E-state index contributed by atoms with van der Waals surface area (Å²) >= 11 is 0. The lowest BCUT2D eigenvalue weighted by Gasteiger charge is -2.19. The molecule has 118 valence electrons. The van der Waals surface area contributed by atoms with E-state index in [4.69, 9.17) is 4.74 Å². The Balaban J connectivity index is 2.25. The summed E-state index contributed by atoms with van der Waals surface area (Å²) < 4.78 is 5.12. The molecule has 0 heterocycles. The van der Waals surface area contributed by atoms with Crippen LogP contribution in [0.15, 0.2) is 24.3 Å². The molecule has 1 aromatic rings. The molecule has 0 bridgehead atoms. The standard InChI is InChI=1S/C17H28N2O2/c1-4-6-13-19(5-2)14-17(20)18-12-11-15-7-9-16(21-3)10-8-15/h7-10H,4-6,11-14H2,1-3H3,(H,18,20). The van der Waals surface area contributed by atoms with Gasteiger partial charge in [-0.2, -0.15) is 0 Å². The fourth-order valence-corrected chi connectivity index (χ4v) is 2.13. The van der Waals surface area contributed by atoms with Crippen LogP contribution in [0.5, 0.6) is 5.75 Å². The Morgan fingerprint density at radius 3 is 2.52 bits per heavy atom. The Bertz CT molecular complexity index is 404. The van der Waals surface area contributed by atoms with Crippen molar-refractivity contribution in [3.63, 3.8) is 0 Å². The van der Waals surface area contributed by atoms with Crippen LogP contribution in [0.2, 0.25) is 0 Å². The van der Waals surface area contributed by atoms with Crippen LogP contribution in [0.1, 0.15) is 32.3 Å². The van der Waals surface area contributed by atoms with Crippen molar-refractivity contribution in [3.05, 3.63) is 29.8 Å². The van der Waals surface area contributed by atoms with E-state index in [1.54, 1.807) is 7.11 Å². The molecule has 1 aromatic carbocycles. The first-order chi connectivity index (χ1) is 10.2. The van der Waals surface area contributed by atoms with Crippen LogP contribution in [0.4, 0.5) is 0 Å². The second-order valence-corrected chi connectivity index (χ2v) is 5.17. The normalized spacial score (nSPS) is 10.7. The first-order valence-corrected chi connectivity index (χ1v) is 7.81. The van der Waals surface area contributed by atoms with Gasteiger partial charge in [0.2, 0.25) is 5.91 Å². The molecule has 0 aliphatic heterocycles. The minimum absolute atomic E-state index is 0.112. The SMILES string of the molecule is CCCCN(CC)CC(=O)NCCc1ccc(OC)cc1. The van der Waals surface area contributed by atoms with Crippen molar-refractivity contribution in [2.75, 3.05) is 33.3 Å². The molecule has 0 aromatic heterocycles. The molecule has 21 heavy (non-hydrogen) atoms. The van der Waals surface area contributed by atoms with E-state index < -0.39 is 0 Å². The Kier molecular flexibility index (Phi) is 8.51. The molecule has 1 rings (SSSR count). The quantitative estimate of drug-likeness (QED) is 0.720. The van der Waals surface area contributed by atoms with Crippen molar-refractivity contribution in [3.8, 4) is 5.75 Å². The number of carbonyl (C=O) groups is 1. The Morgan fingerprint density at radius 1 is 1.24 bits per heavy atom. The van der Waals surface area contributed by atoms with Crippen LogP contribution in [0.3, 0.4) is 0 Å². The lowest BCUT2D eigenvalue weighted by atomic mass is 10.1. The van der Waals surface area contributed by atoms with Crippen molar-refractivity contribution < 1.29 is 9.53 Å². The summed E-state index contributed by atoms with van der Waals surface area (Å²) in [4.78, 5) is 14.1. The van der Waals surface area contributed by atoms with Crippen LogP contribution in [-0.4, -0.2) is 44.1 Å². The molecule has 4 heteroatoms. The minimum Gasteiger partial charge on any atom is -0.497 e. The van der Waals surface area contributed by atoms with Gasteiger partial charge < -0.3 is 10.1 Å². The van der Waals surface area contributed by atoms with Crippen LogP contribution in [0.25, 0.3) is 0 Å². The van der Waals surface area contributed by atoms with E-state index in [1.165, 1.54) is 5.56 Å². The molecule has 0 unspecified atom stereocenters. The number of hydrogen-bond donors (Lipinski definition) is 1. The third kappa shape index (κ3) is 7.14. The number of nitrogens with zero attached hydrogens (tertiary/aromatic N) is 1. The molecule has 0 atom stereocenters. The van der Waals surface area contributed by atoms with E-state index in [0.29, 0.717) is 13.1 Å². The van der Waals surface area contributed by atoms with E-state index in [0.717, 1.165) is 38.1 Å². The van der Waals surface area contributed by atoms with Gasteiger partial charge in [-0.1, -0.05) is 32.4 Å². The second kappa shape index (κ2) is 10.2. The highest BCUT2D eigenvalue weighted by Crippen LogP contribution is 2.11. The van der Waals surface area contributed by atoms with Crippen molar-refractivity contribution in [1.82, 2.24) is 10.2 Å². The molecule has 1 N–H and O–H groups in total. The van der Waals surface area contributed by atoms with Gasteiger partial charge in [-0.05, 0) is 43.6 Å². The van der Waals surface area contributed by atoms with Crippen LogP contribution < -0.4 is 10.1 Å². The average molecular weight is 292 g/mol. The molecule has 1 amide bonds. The first kappa shape index (κ1) is 17.5.